The standard InChI is InChI=1S/C11H21NO2/c1-2-12-7-9-4-6-14-11(9)10-3-5-13-8-10/h9-12H,2-8H2,1H3. The third-order valence-electron chi connectivity index (χ3n) is 3.35. The van der Waals surface area contributed by atoms with E-state index in [2.05, 4.69) is 12.2 Å². The Morgan fingerprint density at radius 3 is 2.93 bits per heavy atom. The highest BCUT2D eigenvalue weighted by Gasteiger charge is 2.36. The molecule has 2 rings (SSSR count). The second-order valence-corrected chi connectivity index (χ2v) is 4.32. The highest BCUT2D eigenvalue weighted by molar-refractivity contribution is 4.85. The van der Waals surface area contributed by atoms with Gasteiger partial charge >= 0.3 is 0 Å². The predicted molar refractivity (Wildman–Crippen MR) is 55.3 cm³/mol. The van der Waals surface area contributed by atoms with Crippen LogP contribution in [0.5, 0.6) is 0 Å². The summed E-state index contributed by atoms with van der Waals surface area (Å²) in [7, 11) is 0. The maximum atomic E-state index is 5.83. The number of hydrogen-bond acceptors (Lipinski definition) is 3. The van der Waals surface area contributed by atoms with Crippen molar-refractivity contribution < 1.29 is 9.47 Å². The molecule has 2 aliphatic rings. The minimum absolute atomic E-state index is 0.455. The van der Waals surface area contributed by atoms with Crippen LogP contribution in [0.15, 0.2) is 0 Å². The zero-order valence-electron chi connectivity index (χ0n) is 9.00. The van der Waals surface area contributed by atoms with Gasteiger partial charge in [-0.15, -0.1) is 0 Å². The van der Waals surface area contributed by atoms with Crippen molar-refractivity contribution in [3.63, 3.8) is 0 Å². The lowest BCUT2D eigenvalue weighted by molar-refractivity contribution is 0.0358. The van der Waals surface area contributed by atoms with Crippen LogP contribution in [0, 0.1) is 11.8 Å². The molecule has 2 heterocycles. The lowest BCUT2D eigenvalue weighted by atomic mass is 9.90. The molecule has 0 saturated carbocycles. The van der Waals surface area contributed by atoms with E-state index in [1.165, 1.54) is 12.8 Å². The van der Waals surface area contributed by atoms with E-state index in [9.17, 15) is 0 Å². The molecule has 0 spiro atoms. The molecule has 1 N–H and O–H groups in total. The summed E-state index contributed by atoms with van der Waals surface area (Å²) in [6.45, 7) is 7.11. The zero-order valence-corrected chi connectivity index (χ0v) is 9.00. The normalized spacial score (nSPS) is 37.9. The molecule has 0 aromatic rings. The Bertz CT molecular complexity index is 169. The largest absolute Gasteiger partial charge is 0.381 e. The van der Waals surface area contributed by atoms with Crippen molar-refractivity contribution in [1.29, 1.82) is 0 Å². The monoisotopic (exact) mass is 199 g/mol. The average Bonchev–Trinajstić information content (AvgIpc) is 2.84. The molecule has 0 bridgehead atoms. The van der Waals surface area contributed by atoms with Gasteiger partial charge in [0.2, 0.25) is 0 Å². The van der Waals surface area contributed by atoms with Crippen LogP contribution in [0.1, 0.15) is 19.8 Å². The predicted octanol–water partition coefficient (Wildman–Crippen LogP) is 1.04. The Kier molecular flexibility index (Phi) is 3.79. The van der Waals surface area contributed by atoms with Gasteiger partial charge in [0, 0.05) is 31.6 Å². The molecule has 0 radical (unpaired) electrons. The van der Waals surface area contributed by atoms with Crippen molar-refractivity contribution in [2.24, 2.45) is 11.8 Å². The van der Waals surface area contributed by atoms with Crippen LogP contribution in [0.4, 0.5) is 0 Å². The van der Waals surface area contributed by atoms with Crippen molar-refractivity contribution in [2.45, 2.75) is 25.9 Å². The summed E-state index contributed by atoms with van der Waals surface area (Å²) in [6.07, 6.45) is 2.86. The van der Waals surface area contributed by atoms with E-state index in [1.54, 1.807) is 0 Å². The van der Waals surface area contributed by atoms with E-state index in [-0.39, 0.29) is 0 Å². The Morgan fingerprint density at radius 2 is 2.21 bits per heavy atom. The highest BCUT2D eigenvalue weighted by Crippen LogP contribution is 2.31. The molecule has 3 nitrogen and oxygen atoms in total. The first kappa shape index (κ1) is 10.4. The maximum Gasteiger partial charge on any atom is 0.0667 e. The van der Waals surface area contributed by atoms with Crippen molar-refractivity contribution in [1.82, 2.24) is 5.32 Å². The van der Waals surface area contributed by atoms with Gasteiger partial charge in [-0.25, -0.2) is 0 Å². The Morgan fingerprint density at radius 1 is 1.29 bits per heavy atom. The molecule has 0 aliphatic carbocycles. The minimum Gasteiger partial charge on any atom is -0.381 e. The van der Waals surface area contributed by atoms with Gasteiger partial charge < -0.3 is 14.8 Å². The molecule has 0 aromatic carbocycles. The van der Waals surface area contributed by atoms with E-state index in [0.717, 1.165) is 32.9 Å². The minimum atomic E-state index is 0.455. The second kappa shape index (κ2) is 5.10. The van der Waals surface area contributed by atoms with E-state index < -0.39 is 0 Å². The lowest BCUT2D eigenvalue weighted by Gasteiger charge is -2.23. The van der Waals surface area contributed by atoms with E-state index >= 15 is 0 Å². The summed E-state index contributed by atoms with van der Waals surface area (Å²) < 4.78 is 11.2. The Labute approximate surface area is 86.2 Å². The third kappa shape index (κ3) is 2.27. The van der Waals surface area contributed by atoms with Gasteiger partial charge in [-0.1, -0.05) is 6.92 Å². The first-order chi connectivity index (χ1) is 6.92. The fourth-order valence-corrected chi connectivity index (χ4v) is 2.54. The lowest BCUT2D eigenvalue weighted by Crippen LogP contribution is -2.33. The summed E-state index contributed by atoms with van der Waals surface area (Å²) in [5.41, 5.74) is 0. The molecule has 2 fully saturated rings. The number of rotatable bonds is 4. The first-order valence-electron chi connectivity index (χ1n) is 5.82. The summed E-state index contributed by atoms with van der Waals surface area (Å²) in [5.74, 6) is 1.36. The molecule has 14 heavy (non-hydrogen) atoms. The van der Waals surface area contributed by atoms with Crippen LogP contribution in [0.2, 0.25) is 0 Å². The summed E-state index contributed by atoms with van der Waals surface area (Å²) >= 11 is 0. The van der Waals surface area contributed by atoms with Gasteiger partial charge in [0.15, 0.2) is 0 Å². The molecule has 2 saturated heterocycles. The van der Waals surface area contributed by atoms with Crippen molar-refractivity contribution in [3.05, 3.63) is 0 Å². The molecular formula is C11H21NO2. The molecule has 2 aliphatic heterocycles. The fraction of sp³-hybridized carbons (Fsp3) is 1.00. The van der Waals surface area contributed by atoms with Gasteiger partial charge in [-0.2, -0.15) is 0 Å². The van der Waals surface area contributed by atoms with E-state index in [1.807, 2.05) is 0 Å². The summed E-state index contributed by atoms with van der Waals surface area (Å²) in [4.78, 5) is 0. The van der Waals surface area contributed by atoms with Crippen LogP contribution in [-0.2, 0) is 9.47 Å². The van der Waals surface area contributed by atoms with Gasteiger partial charge in [-0.3, -0.25) is 0 Å². The van der Waals surface area contributed by atoms with Crippen LogP contribution in [-0.4, -0.2) is 39.0 Å². The summed E-state index contributed by atoms with van der Waals surface area (Å²) in [6, 6.07) is 0. The third-order valence-corrected chi connectivity index (χ3v) is 3.35. The van der Waals surface area contributed by atoms with E-state index in [4.69, 9.17) is 9.47 Å². The highest BCUT2D eigenvalue weighted by atomic mass is 16.5. The fourth-order valence-electron chi connectivity index (χ4n) is 2.54. The molecule has 0 aromatic heterocycles. The smallest absolute Gasteiger partial charge is 0.0667 e. The van der Waals surface area contributed by atoms with Crippen molar-refractivity contribution >= 4 is 0 Å². The van der Waals surface area contributed by atoms with Crippen LogP contribution in [0.25, 0.3) is 0 Å². The average molecular weight is 199 g/mol. The van der Waals surface area contributed by atoms with Crippen molar-refractivity contribution in [3.8, 4) is 0 Å². The van der Waals surface area contributed by atoms with Crippen LogP contribution >= 0.6 is 0 Å². The van der Waals surface area contributed by atoms with Crippen molar-refractivity contribution in [2.75, 3.05) is 32.9 Å². The molecule has 3 heteroatoms. The number of nitrogens with one attached hydrogen (secondary N) is 1. The van der Waals surface area contributed by atoms with Gasteiger partial charge in [0.25, 0.3) is 0 Å². The Hall–Kier alpha value is -0.120. The van der Waals surface area contributed by atoms with Gasteiger partial charge in [-0.05, 0) is 19.4 Å². The zero-order chi connectivity index (χ0) is 9.80. The molecular weight excluding hydrogens is 178 g/mol. The first-order valence-corrected chi connectivity index (χ1v) is 5.82. The van der Waals surface area contributed by atoms with Gasteiger partial charge in [0.1, 0.15) is 0 Å². The quantitative estimate of drug-likeness (QED) is 0.734. The topological polar surface area (TPSA) is 30.5 Å². The van der Waals surface area contributed by atoms with Gasteiger partial charge in [0.05, 0.1) is 12.7 Å². The molecule has 3 atom stereocenters. The van der Waals surface area contributed by atoms with Crippen LogP contribution < -0.4 is 5.32 Å². The summed E-state index contributed by atoms with van der Waals surface area (Å²) in [5, 5.41) is 3.42. The van der Waals surface area contributed by atoms with Crippen LogP contribution in [0.3, 0.4) is 0 Å². The number of ether oxygens (including phenoxy) is 2. The molecule has 3 unspecified atom stereocenters. The SMILES string of the molecule is CCNCC1CCOC1C1CCOC1. The Balaban J connectivity index is 1.82. The van der Waals surface area contributed by atoms with E-state index in [0.29, 0.717) is 17.9 Å². The number of hydrogen-bond donors (Lipinski definition) is 1. The second-order valence-electron chi connectivity index (χ2n) is 4.32. The maximum absolute atomic E-state index is 5.83. The molecule has 0 amide bonds. The molecule has 82 valence electrons.